The van der Waals surface area contributed by atoms with E-state index in [0.717, 1.165) is 51.0 Å². The van der Waals surface area contributed by atoms with Crippen molar-refractivity contribution in [3.8, 4) is 0 Å². The van der Waals surface area contributed by atoms with E-state index in [1.54, 1.807) is 4.90 Å². The van der Waals surface area contributed by atoms with Crippen molar-refractivity contribution >= 4 is 11.8 Å². The number of hydrogen-bond acceptors (Lipinski definition) is 6. The van der Waals surface area contributed by atoms with Gasteiger partial charge in [0.05, 0.1) is 18.5 Å². The fourth-order valence-electron chi connectivity index (χ4n) is 3.90. The number of amides is 2. The number of carbonyl (C=O) groups excluding carboxylic acids is 2. The molecule has 136 valence electrons. The van der Waals surface area contributed by atoms with Crippen LogP contribution in [0.5, 0.6) is 0 Å². The first-order valence-electron chi connectivity index (χ1n) is 9.26. The van der Waals surface area contributed by atoms with Crippen molar-refractivity contribution in [2.45, 2.75) is 50.5 Å². The molecule has 4 rings (SSSR count). The average Bonchev–Trinajstić information content (AvgIpc) is 3.16. The number of piperidine rings is 1. The molecule has 3 fully saturated rings. The smallest absolute Gasteiger partial charge is 0.236 e. The molecule has 0 unspecified atom stereocenters. The van der Waals surface area contributed by atoms with E-state index >= 15 is 0 Å². The Bertz CT molecular complexity index is 656. The Morgan fingerprint density at radius 2 is 1.96 bits per heavy atom. The minimum atomic E-state index is -0.309. The zero-order valence-corrected chi connectivity index (χ0v) is 14.4. The lowest BCUT2D eigenvalue weighted by Gasteiger charge is -2.33. The van der Waals surface area contributed by atoms with Gasteiger partial charge in [0.1, 0.15) is 0 Å². The summed E-state index contributed by atoms with van der Waals surface area (Å²) >= 11 is 0. The summed E-state index contributed by atoms with van der Waals surface area (Å²) in [5.41, 5.74) is 5.41. The molecule has 1 saturated carbocycles. The Hall–Kier alpha value is -1.96. The first kappa shape index (κ1) is 16.5. The number of likely N-dealkylation sites (tertiary alicyclic amines) is 2. The Morgan fingerprint density at radius 1 is 1.16 bits per heavy atom. The van der Waals surface area contributed by atoms with Crippen LogP contribution in [0.2, 0.25) is 0 Å². The Kier molecular flexibility index (Phi) is 4.45. The van der Waals surface area contributed by atoms with Crippen LogP contribution in [-0.2, 0) is 9.59 Å². The molecule has 2 N–H and O–H groups in total. The lowest BCUT2D eigenvalue weighted by molar-refractivity contribution is -0.136. The van der Waals surface area contributed by atoms with Crippen LogP contribution in [-0.4, -0.2) is 57.9 Å². The third-order valence-corrected chi connectivity index (χ3v) is 5.56. The molecule has 0 aromatic carbocycles. The van der Waals surface area contributed by atoms with Crippen LogP contribution in [0, 0.1) is 5.92 Å². The lowest BCUT2D eigenvalue weighted by atomic mass is 9.97. The van der Waals surface area contributed by atoms with Gasteiger partial charge in [-0.05, 0) is 45.1 Å². The second-order valence-corrected chi connectivity index (χ2v) is 7.47. The topological polar surface area (TPSA) is 106 Å². The normalized spacial score (nSPS) is 27.6. The molecule has 1 aromatic rings. The first-order chi connectivity index (χ1) is 12.1. The van der Waals surface area contributed by atoms with E-state index in [4.69, 9.17) is 10.3 Å². The molecule has 1 aromatic heterocycles. The van der Waals surface area contributed by atoms with Gasteiger partial charge >= 0.3 is 0 Å². The van der Waals surface area contributed by atoms with Crippen molar-refractivity contribution in [1.82, 2.24) is 19.9 Å². The van der Waals surface area contributed by atoms with Crippen molar-refractivity contribution in [3.63, 3.8) is 0 Å². The monoisotopic (exact) mass is 347 g/mol. The number of hydrogen-bond donors (Lipinski definition) is 1. The van der Waals surface area contributed by atoms with Gasteiger partial charge in [-0.3, -0.25) is 14.5 Å². The highest BCUT2D eigenvalue weighted by atomic mass is 16.5. The van der Waals surface area contributed by atoms with E-state index in [1.165, 1.54) is 0 Å². The number of primary amides is 1. The predicted octanol–water partition coefficient (Wildman–Crippen LogP) is 0.808. The molecule has 0 bridgehead atoms. The van der Waals surface area contributed by atoms with E-state index < -0.39 is 0 Å². The summed E-state index contributed by atoms with van der Waals surface area (Å²) in [6.45, 7) is 2.34. The summed E-state index contributed by atoms with van der Waals surface area (Å²) in [7, 11) is 0. The fourth-order valence-corrected chi connectivity index (χ4v) is 3.90. The maximum atomic E-state index is 12.7. The number of nitrogens with two attached hydrogens (primary N) is 1. The van der Waals surface area contributed by atoms with E-state index in [9.17, 15) is 9.59 Å². The first-order valence-corrected chi connectivity index (χ1v) is 9.26. The van der Waals surface area contributed by atoms with Gasteiger partial charge < -0.3 is 15.2 Å². The Morgan fingerprint density at radius 3 is 2.72 bits per heavy atom. The highest BCUT2D eigenvalue weighted by Gasteiger charge is 2.36. The summed E-state index contributed by atoms with van der Waals surface area (Å²) in [6.07, 6.45) is 5.83. The van der Waals surface area contributed by atoms with E-state index in [-0.39, 0.29) is 23.8 Å². The van der Waals surface area contributed by atoms with Gasteiger partial charge in [-0.2, -0.15) is 4.98 Å². The van der Waals surface area contributed by atoms with Crippen molar-refractivity contribution in [2.75, 3.05) is 26.2 Å². The second-order valence-electron chi connectivity index (χ2n) is 7.47. The summed E-state index contributed by atoms with van der Waals surface area (Å²) < 4.78 is 5.38. The summed E-state index contributed by atoms with van der Waals surface area (Å²) in [6, 6.07) is 0.0527. The van der Waals surface area contributed by atoms with Gasteiger partial charge in [0.25, 0.3) is 0 Å². The Balaban J connectivity index is 1.38. The van der Waals surface area contributed by atoms with Crippen LogP contribution in [0.3, 0.4) is 0 Å². The van der Waals surface area contributed by atoms with E-state index in [0.29, 0.717) is 31.4 Å². The predicted molar refractivity (Wildman–Crippen MR) is 88.3 cm³/mol. The number of rotatable bonds is 5. The van der Waals surface area contributed by atoms with Crippen molar-refractivity contribution in [2.24, 2.45) is 11.7 Å². The quantitative estimate of drug-likeness (QED) is 0.845. The molecular formula is C17H25N5O3. The highest BCUT2D eigenvalue weighted by Crippen LogP contribution is 2.40. The van der Waals surface area contributed by atoms with Gasteiger partial charge in [-0.1, -0.05) is 5.16 Å². The zero-order chi connectivity index (χ0) is 17.4. The van der Waals surface area contributed by atoms with Crippen LogP contribution in [0.15, 0.2) is 4.52 Å². The molecule has 0 spiro atoms. The van der Waals surface area contributed by atoms with Gasteiger partial charge in [0, 0.05) is 19.0 Å². The summed E-state index contributed by atoms with van der Waals surface area (Å²) in [4.78, 5) is 32.6. The molecule has 1 aliphatic carbocycles. The van der Waals surface area contributed by atoms with Crippen LogP contribution in [0.1, 0.15) is 62.2 Å². The van der Waals surface area contributed by atoms with Crippen LogP contribution < -0.4 is 5.73 Å². The molecule has 3 aliphatic rings. The van der Waals surface area contributed by atoms with Crippen molar-refractivity contribution in [1.29, 1.82) is 0 Å². The Labute approximate surface area is 146 Å². The molecule has 0 radical (unpaired) electrons. The van der Waals surface area contributed by atoms with Crippen LogP contribution in [0.4, 0.5) is 0 Å². The maximum absolute atomic E-state index is 12.7. The zero-order valence-electron chi connectivity index (χ0n) is 14.4. The van der Waals surface area contributed by atoms with Crippen LogP contribution in [0.25, 0.3) is 0 Å². The van der Waals surface area contributed by atoms with E-state index in [1.807, 2.05) is 0 Å². The largest absolute Gasteiger partial charge is 0.369 e. The molecule has 25 heavy (non-hydrogen) atoms. The molecule has 2 amide bonds. The maximum Gasteiger partial charge on any atom is 0.236 e. The van der Waals surface area contributed by atoms with Gasteiger partial charge in [-0.15, -0.1) is 0 Å². The molecule has 8 nitrogen and oxygen atoms in total. The standard InChI is InChI=1S/C17H25N5O3/c18-15(24)12-3-1-8-22(9-12)14(23)10-21-7-2-4-13(21)16-19-17(25-20-16)11-5-6-11/h11-13H,1-10H2,(H2,18,24)/t12-,13-/m1/s1. The minimum absolute atomic E-state index is 0.0527. The molecular weight excluding hydrogens is 322 g/mol. The summed E-state index contributed by atoms with van der Waals surface area (Å²) in [5, 5.41) is 4.15. The highest BCUT2D eigenvalue weighted by molar-refractivity contribution is 5.81. The fraction of sp³-hybridized carbons (Fsp3) is 0.765. The van der Waals surface area contributed by atoms with E-state index in [2.05, 4.69) is 15.0 Å². The average molecular weight is 347 g/mol. The third-order valence-electron chi connectivity index (χ3n) is 5.56. The number of nitrogens with zero attached hydrogens (tertiary/aromatic N) is 4. The van der Waals surface area contributed by atoms with Crippen LogP contribution >= 0.6 is 0 Å². The second kappa shape index (κ2) is 6.74. The SMILES string of the molecule is NC(=O)[C@@H]1CCCN(C(=O)CN2CCC[C@@H]2c2noc(C3CC3)n2)C1. The van der Waals surface area contributed by atoms with Gasteiger partial charge in [-0.25, -0.2) is 0 Å². The lowest BCUT2D eigenvalue weighted by Crippen LogP contribution is -2.47. The minimum Gasteiger partial charge on any atom is -0.369 e. The van der Waals surface area contributed by atoms with Crippen molar-refractivity contribution in [3.05, 3.63) is 11.7 Å². The van der Waals surface area contributed by atoms with Crippen molar-refractivity contribution < 1.29 is 14.1 Å². The molecule has 3 heterocycles. The molecule has 2 saturated heterocycles. The molecule has 8 heteroatoms. The molecule has 2 aliphatic heterocycles. The molecule has 2 atom stereocenters. The number of aromatic nitrogens is 2. The van der Waals surface area contributed by atoms with Gasteiger partial charge in [0.15, 0.2) is 5.82 Å². The number of carbonyl (C=O) groups is 2. The third kappa shape index (κ3) is 3.53. The summed E-state index contributed by atoms with van der Waals surface area (Å²) in [5.74, 6) is 1.43. The van der Waals surface area contributed by atoms with Gasteiger partial charge in [0.2, 0.25) is 17.7 Å².